The zero-order chi connectivity index (χ0) is 20.5. The molecular weight excluding hydrogens is 372 g/mol. The summed E-state index contributed by atoms with van der Waals surface area (Å²) in [4.78, 5) is 21.1. The molecule has 4 aliphatic rings. The average Bonchev–Trinajstić information content (AvgIpc) is 3.17. The van der Waals surface area contributed by atoms with Crippen LogP contribution in [0.1, 0.15) is 59.3 Å². The van der Waals surface area contributed by atoms with Crippen molar-refractivity contribution in [2.75, 3.05) is 39.3 Å². The van der Waals surface area contributed by atoms with Gasteiger partial charge in [0.05, 0.1) is 19.2 Å². The van der Waals surface area contributed by atoms with Crippen molar-refractivity contribution in [2.24, 2.45) is 4.99 Å². The number of nitrogens with one attached hydrogen (secondary N) is 1. The van der Waals surface area contributed by atoms with E-state index < -0.39 is 5.60 Å². The second-order valence-corrected chi connectivity index (χ2v) is 9.69. The summed E-state index contributed by atoms with van der Waals surface area (Å²) in [5, 5.41) is 3.48. The lowest BCUT2D eigenvalue weighted by atomic mass is 10.1. The number of ether oxygens (including phenoxy) is 3. The number of hydrogen-bond donors (Lipinski definition) is 1. The molecule has 2 saturated heterocycles. The van der Waals surface area contributed by atoms with Crippen LogP contribution in [0.4, 0.5) is 4.79 Å². The van der Waals surface area contributed by atoms with Crippen molar-refractivity contribution in [3.8, 4) is 0 Å². The molecule has 3 fully saturated rings. The number of fused-ring (bicyclic) bond motifs is 1. The standard InChI is InChI=1S/C21H36N4O4/c1-20(2,3)29-19(26)24-10-11-25-16(14-24)12-22-18(25)23-13-17-15-27-21(28-17)8-6-4-5-7-9-21/h16-17H,4-15H2,1-3H3,(H,22,23). The summed E-state index contributed by atoms with van der Waals surface area (Å²) in [5.41, 5.74) is -0.467. The van der Waals surface area contributed by atoms with E-state index in [1.54, 1.807) is 4.90 Å². The topological polar surface area (TPSA) is 75.6 Å². The van der Waals surface area contributed by atoms with Crippen LogP contribution in [-0.2, 0) is 14.2 Å². The number of nitrogens with zero attached hydrogens (tertiary/aromatic N) is 3. The number of amides is 1. The molecule has 0 aromatic rings. The first-order valence-electron chi connectivity index (χ1n) is 11.2. The molecule has 0 bridgehead atoms. The van der Waals surface area contributed by atoms with Crippen molar-refractivity contribution in [3.63, 3.8) is 0 Å². The molecule has 1 amide bonds. The summed E-state index contributed by atoms with van der Waals surface area (Å²) in [5.74, 6) is 0.575. The van der Waals surface area contributed by atoms with E-state index >= 15 is 0 Å². The van der Waals surface area contributed by atoms with E-state index in [4.69, 9.17) is 14.2 Å². The molecule has 1 spiro atoms. The van der Waals surface area contributed by atoms with E-state index in [9.17, 15) is 4.79 Å². The first-order valence-corrected chi connectivity index (χ1v) is 11.2. The van der Waals surface area contributed by atoms with Gasteiger partial charge >= 0.3 is 6.09 Å². The Morgan fingerprint density at radius 1 is 1.24 bits per heavy atom. The fourth-order valence-electron chi connectivity index (χ4n) is 4.67. The van der Waals surface area contributed by atoms with Gasteiger partial charge in [-0.2, -0.15) is 0 Å². The number of guanidine groups is 1. The second kappa shape index (κ2) is 8.30. The molecule has 4 rings (SSSR count). The molecule has 0 aromatic heterocycles. The van der Waals surface area contributed by atoms with Crippen LogP contribution in [-0.4, -0.2) is 84.7 Å². The van der Waals surface area contributed by atoms with E-state index in [0.29, 0.717) is 32.8 Å². The van der Waals surface area contributed by atoms with Crippen molar-refractivity contribution in [1.82, 2.24) is 15.1 Å². The normalized spacial score (nSPS) is 29.4. The Labute approximate surface area is 173 Å². The van der Waals surface area contributed by atoms with Crippen LogP contribution in [0.5, 0.6) is 0 Å². The number of rotatable bonds is 2. The number of hydrogen-bond acceptors (Lipinski definition) is 7. The quantitative estimate of drug-likeness (QED) is 0.756. The lowest BCUT2D eigenvalue weighted by Gasteiger charge is -2.39. The monoisotopic (exact) mass is 408 g/mol. The second-order valence-electron chi connectivity index (χ2n) is 9.69. The molecule has 3 heterocycles. The van der Waals surface area contributed by atoms with E-state index in [-0.39, 0.29) is 24.0 Å². The third-order valence-corrected chi connectivity index (χ3v) is 6.13. The van der Waals surface area contributed by atoms with Crippen LogP contribution < -0.4 is 5.32 Å². The Bertz CT molecular complexity index is 625. The molecule has 3 aliphatic heterocycles. The van der Waals surface area contributed by atoms with E-state index in [2.05, 4.69) is 15.2 Å². The third-order valence-electron chi connectivity index (χ3n) is 6.13. The number of carbonyl (C=O) groups excluding carboxylic acids is 1. The summed E-state index contributed by atoms with van der Waals surface area (Å²) in [6, 6.07) is 0.215. The summed E-state index contributed by atoms with van der Waals surface area (Å²) in [6.07, 6.45) is 6.81. The van der Waals surface area contributed by atoms with E-state index in [0.717, 1.165) is 25.3 Å². The van der Waals surface area contributed by atoms with E-state index in [1.807, 2.05) is 20.8 Å². The summed E-state index contributed by atoms with van der Waals surface area (Å²) in [7, 11) is 0. The van der Waals surface area contributed by atoms with Gasteiger partial charge in [-0.05, 0) is 33.6 Å². The molecule has 8 heteroatoms. The van der Waals surface area contributed by atoms with Gasteiger partial charge in [0.25, 0.3) is 0 Å². The van der Waals surface area contributed by atoms with Gasteiger partial charge in [0.15, 0.2) is 11.7 Å². The molecule has 0 radical (unpaired) electrons. The van der Waals surface area contributed by atoms with Crippen LogP contribution in [0, 0.1) is 0 Å². The molecule has 8 nitrogen and oxygen atoms in total. The fraction of sp³-hybridized carbons (Fsp3) is 0.905. The van der Waals surface area contributed by atoms with Crippen LogP contribution in [0.2, 0.25) is 0 Å². The molecule has 0 aromatic carbocycles. The molecule has 1 saturated carbocycles. The lowest BCUT2D eigenvalue weighted by molar-refractivity contribution is -0.175. The zero-order valence-electron chi connectivity index (χ0n) is 18.1. The highest BCUT2D eigenvalue weighted by atomic mass is 16.7. The minimum absolute atomic E-state index is 0.0675. The highest BCUT2D eigenvalue weighted by molar-refractivity contribution is 5.82. The SMILES string of the molecule is CC(C)(C)OC(=O)N1CCN2C(NCC3COC4(CCCCCC4)O3)=NCC2C1. The van der Waals surface area contributed by atoms with Crippen LogP contribution in [0.15, 0.2) is 4.99 Å². The van der Waals surface area contributed by atoms with Crippen LogP contribution >= 0.6 is 0 Å². The van der Waals surface area contributed by atoms with Gasteiger partial charge in [0.1, 0.15) is 11.7 Å². The molecule has 1 N–H and O–H groups in total. The zero-order valence-corrected chi connectivity index (χ0v) is 18.1. The van der Waals surface area contributed by atoms with E-state index in [1.165, 1.54) is 25.7 Å². The van der Waals surface area contributed by atoms with Gasteiger partial charge in [0.2, 0.25) is 0 Å². The number of piperazine rings is 1. The third kappa shape index (κ3) is 4.97. The Kier molecular flexibility index (Phi) is 5.93. The van der Waals surface area contributed by atoms with Gasteiger partial charge in [-0.3, -0.25) is 4.99 Å². The van der Waals surface area contributed by atoms with Crippen molar-refractivity contribution in [1.29, 1.82) is 0 Å². The molecule has 1 aliphatic carbocycles. The van der Waals surface area contributed by atoms with Crippen molar-refractivity contribution in [3.05, 3.63) is 0 Å². The molecular formula is C21H36N4O4. The predicted octanol–water partition coefficient (Wildman–Crippen LogP) is 2.33. The Hall–Kier alpha value is -1.54. The maximum Gasteiger partial charge on any atom is 0.410 e. The molecule has 29 heavy (non-hydrogen) atoms. The number of aliphatic imine (C=N–C) groups is 1. The Morgan fingerprint density at radius 2 is 2.00 bits per heavy atom. The van der Waals surface area contributed by atoms with Crippen molar-refractivity contribution < 1.29 is 19.0 Å². The minimum atomic E-state index is -0.467. The van der Waals surface area contributed by atoms with Gasteiger partial charge in [-0.15, -0.1) is 0 Å². The number of carbonyl (C=O) groups is 1. The highest BCUT2D eigenvalue weighted by Crippen LogP contribution is 2.36. The first-order chi connectivity index (χ1) is 13.8. The maximum atomic E-state index is 12.4. The largest absolute Gasteiger partial charge is 0.444 e. The summed E-state index contributed by atoms with van der Waals surface area (Å²) < 4.78 is 18.0. The summed E-state index contributed by atoms with van der Waals surface area (Å²) in [6.45, 7) is 9.82. The molecule has 2 atom stereocenters. The van der Waals surface area contributed by atoms with Gasteiger partial charge in [0, 0.05) is 39.0 Å². The Balaban J connectivity index is 1.24. The first kappa shape index (κ1) is 20.7. The lowest BCUT2D eigenvalue weighted by Crippen LogP contribution is -2.58. The predicted molar refractivity (Wildman–Crippen MR) is 110 cm³/mol. The fourth-order valence-corrected chi connectivity index (χ4v) is 4.67. The van der Waals surface area contributed by atoms with Gasteiger partial charge in [-0.25, -0.2) is 4.79 Å². The molecule has 2 unspecified atom stereocenters. The maximum absolute atomic E-state index is 12.4. The van der Waals surface area contributed by atoms with Crippen molar-refractivity contribution >= 4 is 12.1 Å². The molecule has 164 valence electrons. The average molecular weight is 409 g/mol. The smallest absolute Gasteiger partial charge is 0.410 e. The Morgan fingerprint density at radius 3 is 2.72 bits per heavy atom. The van der Waals surface area contributed by atoms with Gasteiger partial charge < -0.3 is 29.3 Å². The minimum Gasteiger partial charge on any atom is -0.444 e. The van der Waals surface area contributed by atoms with Crippen LogP contribution in [0.25, 0.3) is 0 Å². The van der Waals surface area contributed by atoms with Gasteiger partial charge in [-0.1, -0.05) is 12.8 Å². The van der Waals surface area contributed by atoms with Crippen molar-refractivity contribution in [2.45, 2.75) is 82.8 Å². The van der Waals surface area contributed by atoms with Crippen LogP contribution in [0.3, 0.4) is 0 Å². The highest BCUT2D eigenvalue weighted by Gasteiger charge is 2.42. The summed E-state index contributed by atoms with van der Waals surface area (Å²) >= 11 is 0.